The highest BCUT2D eigenvalue weighted by Gasteiger charge is 2.51. The van der Waals surface area contributed by atoms with E-state index in [1.165, 1.54) is 83.5 Å². The molecule has 0 aromatic heterocycles. The first kappa shape index (κ1) is 30.9. The monoisotopic (exact) mass is 478 g/mol. The molecular weight excluding hydrogens is 432 g/mol. The molecule has 0 spiro atoms. The number of carboxylic acids is 2. The Kier molecular flexibility index (Phi) is 17.6. The van der Waals surface area contributed by atoms with Crippen molar-refractivity contribution in [1.82, 2.24) is 0 Å². The van der Waals surface area contributed by atoms with Crippen LogP contribution in [0.15, 0.2) is 0 Å². The van der Waals surface area contributed by atoms with Crippen molar-refractivity contribution in [3.05, 3.63) is 0 Å². The SMILES string of the molecule is CCCCCCCCCCCCCCCCCCCCC(CC(=O)O)(C(=O)O)S(=O)(=O)O. The van der Waals surface area contributed by atoms with E-state index >= 15 is 0 Å². The highest BCUT2D eigenvalue weighted by atomic mass is 32.2. The molecule has 0 aromatic carbocycles. The maximum absolute atomic E-state index is 11.6. The fraction of sp³-hybridized carbons (Fsp3) is 0.917. The molecule has 7 nitrogen and oxygen atoms in total. The molecule has 0 aliphatic carbocycles. The Balaban J connectivity index is 3.71. The van der Waals surface area contributed by atoms with Gasteiger partial charge in [0.1, 0.15) is 0 Å². The minimum Gasteiger partial charge on any atom is -0.481 e. The van der Waals surface area contributed by atoms with E-state index in [-0.39, 0.29) is 6.42 Å². The van der Waals surface area contributed by atoms with Gasteiger partial charge in [0, 0.05) is 0 Å². The van der Waals surface area contributed by atoms with E-state index < -0.39 is 39.6 Å². The molecule has 3 N–H and O–H groups in total. The summed E-state index contributed by atoms with van der Waals surface area (Å²) >= 11 is 0. The van der Waals surface area contributed by atoms with Gasteiger partial charge in [-0.05, 0) is 6.42 Å². The normalized spacial score (nSPS) is 13.7. The Morgan fingerprint density at radius 3 is 1.19 bits per heavy atom. The lowest BCUT2D eigenvalue weighted by molar-refractivity contribution is -0.147. The number of unbranched alkanes of at least 4 members (excludes halogenated alkanes) is 17. The molecular formula is C24H46O7S. The molecule has 1 unspecified atom stereocenters. The molecule has 32 heavy (non-hydrogen) atoms. The van der Waals surface area contributed by atoms with Crippen molar-refractivity contribution in [2.75, 3.05) is 0 Å². The van der Waals surface area contributed by atoms with Gasteiger partial charge in [-0.3, -0.25) is 14.1 Å². The molecule has 0 rings (SSSR count). The van der Waals surface area contributed by atoms with E-state index in [2.05, 4.69) is 6.92 Å². The van der Waals surface area contributed by atoms with Crippen molar-refractivity contribution in [2.24, 2.45) is 0 Å². The summed E-state index contributed by atoms with van der Waals surface area (Å²) in [5, 5.41) is 18.1. The number of carbonyl (C=O) groups is 2. The van der Waals surface area contributed by atoms with Crippen LogP contribution in [-0.2, 0) is 19.7 Å². The maximum Gasteiger partial charge on any atom is 0.328 e. The second-order valence-corrected chi connectivity index (χ2v) is 10.8. The zero-order chi connectivity index (χ0) is 24.3. The van der Waals surface area contributed by atoms with E-state index in [1.54, 1.807) is 0 Å². The molecule has 0 amide bonds. The van der Waals surface area contributed by atoms with Gasteiger partial charge >= 0.3 is 11.9 Å². The third-order valence-corrected chi connectivity index (χ3v) is 7.77. The highest BCUT2D eigenvalue weighted by molar-refractivity contribution is 7.88. The van der Waals surface area contributed by atoms with Gasteiger partial charge in [0.05, 0.1) is 6.42 Å². The second-order valence-electron chi connectivity index (χ2n) is 9.11. The van der Waals surface area contributed by atoms with E-state index in [9.17, 15) is 27.7 Å². The van der Waals surface area contributed by atoms with E-state index in [0.717, 1.165) is 19.3 Å². The largest absolute Gasteiger partial charge is 0.481 e. The lowest BCUT2D eigenvalue weighted by Crippen LogP contribution is -2.48. The summed E-state index contributed by atoms with van der Waals surface area (Å²) in [6.45, 7) is 2.25. The molecule has 0 aliphatic rings. The maximum atomic E-state index is 11.6. The Bertz CT molecular complexity index is 603. The van der Waals surface area contributed by atoms with Crippen molar-refractivity contribution in [2.45, 2.75) is 140 Å². The minimum atomic E-state index is -5.02. The smallest absolute Gasteiger partial charge is 0.328 e. The summed E-state index contributed by atoms with van der Waals surface area (Å²) < 4.78 is 29.8. The van der Waals surface area contributed by atoms with Crippen molar-refractivity contribution < 1.29 is 32.8 Å². The Labute approximate surface area is 195 Å². The van der Waals surface area contributed by atoms with E-state index in [4.69, 9.17) is 5.11 Å². The third-order valence-electron chi connectivity index (χ3n) is 6.25. The average Bonchev–Trinajstić information content (AvgIpc) is 2.70. The van der Waals surface area contributed by atoms with Gasteiger partial charge in [-0.25, -0.2) is 0 Å². The molecule has 1 atom stereocenters. The molecule has 0 aliphatic heterocycles. The van der Waals surface area contributed by atoms with Crippen LogP contribution in [0.1, 0.15) is 135 Å². The molecule has 0 radical (unpaired) electrons. The van der Waals surface area contributed by atoms with Gasteiger partial charge in [-0.15, -0.1) is 0 Å². The van der Waals surface area contributed by atoms with Crippen LogP contribution in [-0.4, -0.2) is 39.9 Å². The molecule has 0 aromatic rings. The molecule has 0 heterocycles. The molecule has 0 bridgehead atoms. The van der Waals surface area contributed by atoms with Gasteiger partial charge in [-0.2, -0.15) is 8.42 Å². The molecule has 0 fully saturated rings. The van der Waals surface area contributed by atoms with E-state index in [0.29, 0.717) is 6.42 Å². The van der Waals surface area contributed by atoms with E-state index in [1.807, 2.05) is 0 Å². The quantitative estimate of drug-likeness (QED) is 0.111. The Hall–Kier alpha value is -1.15. The standard InChI is InChI=1S/C24H46O7S/c1-2-3-4-5-6-7-8-9-10-11-12-13-14-15-16-17-18-19-20-24(23(27)28,21-22(25)26)32(29,30)31/h2-21H2,1H3,(H,25,26)(H,27,28)(H,29,30,31). The van der Waals surface area contributed by atoms with Crippen LogP contribution in [0, 0.1) is 0 Å². The third kappa shape index (κ3) is 14.1. The van der Waals surface area contributed by atoms with Gasteiger partial charge < -0.3 is 10.2 Å². The highest BCUT2D eigenvalue weighted by Crippen LogP contribution is 2.29. The van der Waals surface area contributed by atoms with Crippen LogP contribution in [0.4, 0.5) is 0 Å². The predicted molar refractivity (Wildman–Crippen MR) is 128 cm³/mol. The number of rotatable bonds is 23. The van der Waals surface area contributed by atoms with Gasteiger partial charge in [-0.1, -0.05) is 122 Å². The minimum absolute atomic E-state index is 0.248. The first-order valence-electron chi connectivity index (χ1n) is 12.6. The zero-order valence-corrected chi connectivity index (χ0v) is 20.8. The fourth-order valence-electron chi connectivity index (χ4n) is 4.16. The molecule has 190 valence electrons. The lowest BCUT2D eigenvalue weighted by Gasteiger charge is -2.24. The fourth-order valence-corrected chi connectivity index (χ4v) is 5.09. The Morgan fingerprint density at radius 1 is 0.625 bits per heavy atom. The van der Waals surface area contributed by atoms with Gasteiger partial charge in [0.2, 0.25) is 4.75 Å². The van der Waals surface area contributed by atoms with Crippen molar-refractivity contribution in [3.63, 3.8) is 0 Å². The summed E-state index contributed by atoms with van der Waals surface area (Å²) in [5.41, 5.74) is 0. The zero-order valence-electron chi connectivity index (χ0n) is 20.0. The number of carboxylic acid groups (broad SMARTS) is 2. The number of aliphatic carboxylic acids is 2. The van der Waals surface area contributed by atoms with Crippen LogP contribution in [0.5, 0.6) is 0 Å². The Morgan fingerprint density at radius 2 is 0.938 bits per heavy atom. The predicted octanol–water partition coefficient (Wildman–Crippen LogP) is 6.60. The molecule has 0 saturated carbocycles. The van der Waals surface area contributed by atoms with Crippen LogP contribution >= 0.6 is 0 Å². The first-order chi connectivity index (χ1) is 15.2. The second kappa shape index (κ2) is 18.3. The van der Waals surface area contributed by atoms with Crippen LogP contribution in [0.3, 0.4) is 0 Å². The van der Waals surface area contributed by atoms with Crippen LogP contribution < -0.4 is 0 Å². The van der Waals surface area contributed by atoms with Crippen molar-refractivity contribution >= 4 is 22.1 Å². The molecule has 0 saturated heterocycles. The summed E-state index contributed by atoms with van der Waals surface area (Å²) in [5.74, 6) is -3.37. The topological polar surface area (TPSA) is 129 Å². The van der Waals surface area contributed by atoms with Gasteiger partial charge in [0.25, 0.3) is 10.1 Å². The van der Waals surface area contributed by atoms with Crippen molar-refractivity contribution in [1.29, 1.82) is 0 Å². The summed E-state index contributed by atoms with van der Waals surface area (Å²) in [6.07, 6.45) is 19.4. The number of hydrogen-bond donors (Lipinski definition) is 3. The lowest BCUT2D eigenvalue weighted by atomic mass is 9.96. The average molecular weight is 479 g/mol. The van der Waals surface area contributed by atoms with Gasteiger partial charge in [0.15, 0.2) is 0 Å². The summed E-state index contributed by atoms with van der Waals surface area (Å²) in [4.78, 5) is 22.3. The van der Waals surface area contributed by atoms with Crippen LogP contribution in [0.2, 0.25) is 0 Å². The van der Waals surface area contributed by atoms with Crippen molar-refractivity contribution in [3.8, 4) is 0 Å². The number of hydrogen-bond acceptors (Lipinski definition) is 4. The summed E-state index contributed by atoms with van der Waals surface area (Å²) in [6, 6.07) is 0. The first-order valence-corrected chi connectivity index (χ1v) is 14.0. The summed E-state index contributed by atoms with van der Waals surface area (Å²) in [7, 11) is -5.02. The molecule has 8 heteroatoms. The van der Waals surface area contributed by atoms with Crippen LogP contribution in [0.25, 0.3) is 0 Å².